The molecule has 0 atom stereocenters. The van der Waals surface area contributed by atoms with Crippen LogP contribution in [-0.4, -0.2) is 0 Å². The third-order valence-electron chi connectivity index (χ3n) is 16.5. The van der Waals surface area contributed by atoms with Gasteiger partial charge >= 0.3 is 0 Å². The quantitative estimate of drug-likeness (QED) is 0.0390. The fraction of sp³-hybridized carbons (Fsp3) is 0.750. The standard InChI is InChI=1S/C72H123P/c1-4-7-10-13-16-19-22-25-28-31-34-37-40-43-46-49-52-67-55-61-70(62-56-67)73(71-63-57-68(58-64-71)53-50-47-44-41-38-35-32-29-26-23-20-17-14-11-8-5-2)72-65-59-69(60-66-72)54-51-48-45-42-39-36-33-30-27-24-21-18-15-12-9-6-3/h55-66H,4-54H2,1-3H3. The van der Waals surface area contributed by atoms with Crippen molar-refractivity contribution >= 4 is 23.8 Å². The van der Waals surface area contributed by atoms with Gasteiger partial charge in [0.05, 0.1) is 0 Å². The zero-order valence-corrected chi connectivity index (χ0v) is 50.3. The van der Waals surface area contributed by atoms with Crippen LogP contribution in [0.1, 0.15) is 346 Å². The van der Waals surface area contributed by atoms with E-state index in [2.05, 4.69) is 93.6 Å². The van der Waals surface area contributed by atoms with Crippen molar-refractivity contribution in [3.05, 3.63) is 89.5 Å². The number of benzene rings is 3. The summed E-state index contributed by atoms with van der Waals surface area (Å²) in [4.78, 5) is 0. The summed E-state index contributed by atoms with van der Waals surface area (Å²) in [5, 5.41) is 4.51. The van der Waals surface area contributed by atoms with E-state index in [0.29, 0.717) is 0 Å². The molecule has 3 aromatic rings. The minimum absolute atomic E-state index is 0.586. The Morgan fingerprint density at radius 3 is 0.466 bits per heavy atom. The number of rotatable bonds is 54. The van der Waals surface area contributed by atoms with Crippen molar-refractivity contribution in [2.45, 2.75) is 348 Å². The highest BCUT2D eigenvalue weighted by Crippen LogP contribution is 2.34. The molecule has 0 unspecified atom stereocenters. The zero-order chi connectivity index (χ0) is 51.6. The van der Waals surface area contributed by atoms with Gasteiger partial charge in [-0.05, 0) is 79.1 Å². The molecule has 0 amide bonds. The molecule has 0 radical (unpaired) electrons. The normalized spacial score (nSPS) is 11.7. The van der Waals surface area contributed by atoms with Gasteiger partial charge in [0.25, 0.3) is 0 Å². The van der Waals surface area contributed by atoms with Crippen LogP contribution in [0.15, 0.2) is 72.8 Å². The molecule has 0 saturated heterocycles. The van der Waals surface area contributed by atoms with E-state index in [1.807, 2.05) is 0 Å². The summed E-state index contributed by atoms with van der Waals surface area (Å²) >= 11 is 0. The molecule has 73 heavy (non-hydrogen) atoms. The highest BCUT2D eigenvalue weighted by molar-refractivity contribution is 7.79. The van der Waals surface area contributed by atoms with Crippen molar-refractivity contribution in [3.8, 4) is 0 Å². The maximum Gasteiger partial charge on any atom is -0.0134 e. The van der Waals surface area contributed by atoms with Gasteiger partial charge in [0.15, 0.2) is 0 Å². The first kappa shape index (κ1) is 65.4. The van der Waals surface area contributed by atoms with Crippen LogP contribution in [0.4, 0.5) is 0 Å². The lowest BCUT2D eigenvalue weighted by Crippen LogP contribution is -2.21. The number of hydrogen-bond donors (Lipinski definition) is 0. The molecule has 0 saturated carbocycles. The zero-order valence-electron chi connectivity index (χ0n) is 49.4. The van der Waals surface area contributed by atoms with Crippen molar-refractivity contribution in [2.75, 3.05) is 0 Å². The van der Waals surface area contributed by atoms with Crippen LogP contribution in [0.5, 0.6) is 0 Å². The molecule has 0 spiro atoms. The molecule has 0 aliphatic rings. The number of aryl methyl sites for hydroxylation is 3. The second-order valence-corrected chi connectivity index (χ2v) is 25.7. The molecule has 3 rings (SSSR count). The minimum atomic E-state index is -0.586. The first-order valence-corrected chi connectivity index (χ1v) is 34.7. The maximum absolute atomic E-state index is 2.49. The average Bonchev–Trinajstić information content (AvgIpc) is 3.41. The van der Waals surface area contributed by atoms with Crippen LogP contribution in [0.25, 0.3) is 0 Å². The SMILES string of the molecule is CCCCCCCCCCCCCCCCCCc1ccc(P(c2ccc(CCCCCCCCCCCCCCCCCC)cc2)c2ccc(CCCCCCCCCCCCCCCCCC)cc2)cc1. The van der Waals surface area contributed by atoms with Gasteiger partial charge in [0, 0.05) is 0 Å². The summed E-state index contributed by atoms with van der Waals surface area (Å²) in [6.07, 6.45) is 72.4. The van der Waals surface area contributed by atoms with Crippen LogP contribution < -0.4 is 15.9 Å². The molecule has 0 aromatic heterocycles. The lowest BCUT2D eigenvalue weighted by molar-refractivity contribution is 0.529. The third kappa shape index (κ3) is 36.7. The Morgan fingerprint density at radius 2 is 0.315 bits per heavy atom. The van der Waals surface area contributed by atoms with Gasteiger partial charge in [-0.2, -0.15) is 0 Å². The summed E-state index contributed by atoms with van der Waals surface area (Å²) < 4.78 is 0. The third-order valence-corrected chi connectivity index (χ3v) is 19.0. The fourth-order valence-corrected chi connectivity index (χ4v) is 13.8. The van der Waals surface area contributed by atoms with Crippen molar-refractivity contribution < 1.29 is 0 Å². The minimum Gasteiger partial charge on any atom is -0.0654 e. The van der Waals surface area contributed by atoms with Gasteiger partial charge in [-0.3, -0.25) is 0 Å². The Hall–Kier alpha value is -1.91. The lowest BCUT2D eigenvalue weighted by Gasteiger charge is -2.20. The van der Waals surface area contributed by atoms with Gasteiger partial charge in [-0.25, -0.2) is 0 Å². The molecule has 0 heterocycles. The lowest BCUT2D eigenvalue weighted by atomic mass is 10.0. The number of hydrogen-bond acceptors (Lipinski definition) is 0. The van der Waals surface area contributed by atoms with Gasteiger partial charge in [0.2, 0.25) is 0 Å². The highest BCUT2D eigenvalue weighted by atomic mass is 31.1. The molecular weight excluding hydrogens is 896 g/mol. The van der Waals surface area contributed by atoms with Gasteiger partial charge in [0.1, 0.15) is 0 Å². The molecule has 0 aliphatic heterocycles. The molecule has 0 fully saturated rings. The van der Waals surface area contributed by atoms with Crippen molar-refractivity contribution in [3.63, 3.8) is 0 Å². The Kier molecular flexibility index (Phi) is 44.5. The smallest absolute Gasteiger partial charge is 0.0134 e. The molecule has 0 aliphatic carbocycles. The molecule has 1 heteroatoms. The Balaban J connectivity index is 1.39. The van der Waals surface area contributed by atoms with Crippen LogP contribution in [0, 0.1) is 0 Å². The second kappa shape index (κ2) is 49.6. The van der Waals surface area contributed by atoms with E-state index in [4.69, 9.17) is 0 Å². The topological polar surface area (TPSA) is 0 Å². The largest absolute Gasteiger partial charge is 0.0654 e. The first-order valence-electron chi connectivity index (χ1n) is 33.3. The van der Waals surface area contributed by atoms with Crippen LogP contribution in [-0.2, 0) is 19.3 Å². The Labute approximate surface area is 459 Å². The van der Waals surface area contributed by atoms with Gasteiger partial charge in [-0.15, -0.1) is 0 Å². The molecule has 0 N–H and O–H groups in total. The molecule has 3 aromatic carbocycles. The van der Waals surface area contributed by atoms with Crippen LogP contribution in [0.2, 0.25) is 0 Å². The number of unbranched alkanes of at least 4 members (excludes halogenated alkanes) is 45. The van der Waals surface area contributed by atoms with Crippen LogP contribution in [0.3, 0.4) is 0 Å². The molecule has 0 bridgehead atoms. The first-order chi connectivity index (χ1) is 36.2. The van der Waals surface area contributed by atoms with E-state index in [9.17, 15) is 0 Å². The van der Waals surface area contributed by atoms with Gasteiger partial charge < -0.3 is 0 Å². The van der Waals surface area contributed by atoms with E-state index in [-0.39, 0.29) is 0 Å². The molecular formula is C72H123P. The van der Waals surface area contributed by atoms with Crippen LogP contribution >= 0.6 is 7.92 Å². The summed E-state index contributed by atoms with van der Waals surface area (Å²) in [6.45, 7) is 6.94. The highest BCUT2D eigenvalue weighted by Gasteiger charge is 2.17. The average molecular weight is 1020 g/mol. The summed E-state index contributed by atoms with van der Waals surface area (Å²) in [6, 6.07) is 29.7. The van der Waals surface area contributed by atoms with E-state index >= 15 is 0 Å². The van der Waals surface area contributed by atoms with E-state index in [1.165, 1.54) is 360 Å². The predicted molar refractivity (Wildman–Crippen MR) is 335 cm³/mol. The Bertz CT molecular complexity index is 1360. The summed E-state index contributed by atoms with van der Waals surface area (Å²) in [5.41, 5.74) is 4.56. The van der Waals surface area contributed by atoms with Crippen molar-refractivity contribution in [1.29, 1.82) is 0 Å². The van der Waals surface area contributed by atoms with Crippen molar-refractivity contribution in [1.82, 2.24) is 0 Å². The summed E-state index contributed by atoms with van der Waals surface area (Å²) in [7, 11) is -0.586. The second-order valence-electron chi connectivity index (χ2n) is 23.5. The molecule has 0 nitrogen and oxygen atoms in total. The fourth-order valence-electron chi connectivity index (χ4n) is 11.5. The van der Waals surface area contributed by atoms with Crippen molar-refractivity contribution in [2.24, 2.45) is 0 Å². The maximum atomic E-state index is 2.49. The Morgan fingerprint density at radius 1 is 0.178 bits per heavy atom. The summed E-state index contributed by atoms with van der Waals surface area (Å²) in [5.74, 6) is 0. The van der Waals surface area contributed by atoms with E-state index < -0.39 is 7.92 Å². The monoisotopic (exact) mass is 1020 g/mol. The molecule has 416 valence electrons. The van der Waals surface area contributed by atoms with E-state index in [0.717, 1.165) is 0 Å². The van der Waals surface area contributed by atoms with Gasteiger partial charge in [-0.1, -0.05) is 383 Å². The predicted octanol–water partition coefficient (Wildman–Crippen LogP) is 23.9. The van der Waals surface area contributed by atoms with E-state index in [1.54, 1.807) is 0 Å².